The molecule has 26 heavy (non-hydrogen) atoms. The zero-order chi connectivity index (χ0) is 18.6. The zero-order valence-corrected chi connectivity index (χ0v) is 16.5. The second-order valence-corrected chi connectivity index (χ2v) is 9.11. The van der Waals surface area contributed by atoms with E-state index in [9.17, 15) is 8.42 Å². The molecule has 3 nitrogen and oxygen atoms in total. The minimum atomic E-state index is -3.66. The monoisotopic (exact) mass is 372 g/mol. The highest BCUT2D eigenvalue weighted by atomic mass is 32.2. The Morgan fingerprint density at radius 3 is 2.08 bits per heavy atom. The topological polar surface area (TPSA) is 43.4 Å². The third-order valence-electron chi connectivity index (χ3n) is 5.56. The number of rotatable bonds is 6. The average Bonchev–Trinajstić information content (AvgIpc) is 2.63. The molecule has 0 N–H and O–H groups in total. The summed E-state index contributed by atoms with van der Waals surface area (Å²) in [7, 11) is -3.66. The van der Waals surface area contributed by atoms with Crippen molar-refractivity contribution in [2.75, 3.05) is 6.61 Å². The second kappa shape index (κ2) is 8.36. The van der Waals surface area contributed by atoms with E-state index < -0.39 is 10.1 Å². The first-order valence-corrected chi connectivity index (χ1v) is 10.9. The van der Waals surface area contributed by atoms with Crippen molar-refractivity contribution in [3.8, 4) is 0 Å². The lowest BCUT2D eigenvalue weighted by molar-refractivity contribution is 0.186. The van der Waals surface area contributed by atoms with E-state index in [4.69, 9.17) is 4.18 Å². The van der Waals surface area contributed by atoms with E-state index in [0.29, 0.717) is 18.4 Å². The molecule has 2 aromatic carbocycles. The molecule has 0 unspecified atom stereocenters. The van der Waals surface area contributed by atoms with Crippen LogP contribution in [0.4, 0.5) is 0 Å². The fraction of sp³-hybridized carbons (Fsp3) is 0.455. The van der Waals surface area contributed by atoms with Crippen LogP contribution in [0.2, 0.25) is 0 Å². The lowest BCUT2D eigenvalue weighted by Gasteiger charge is -2.28. The molecule has 0 heterocycles. The molecule has 0 spiro atoms. The molecule has 4 heteroatoms. The molecule has 0 bridgehead atoms. The molecular formula is C22H28O3S. The summed E-state index contributed by atoms with van der Waals surface area (Å²) in [4.78, 5) is 0.285. The van der Waals surface area contributed by atoms with Crippen LogP contribution in [0.15, 0.2) is 53.4 Å². The van der Waals surface area contributed by atoms with Gasteiger partial charge in [-0.15, -0.1) is 0 Å². The third-order valence-corrected chi connectivity index (χ3v) is 7.00. The molecule has 1 aliphatic carbocycles. The van der Waals surface area contributed by atoms with E-state index >= 15 is 0 Å². The largest absolute Gasteiger partial charge is 0.297 e. The highest BCUT2D eigenvalue weighted by Gasteiger charge is 2.25. The second-order valence-electron chi connectivity index (χ2n) is 7.52. The molecule has 1 saturated carbocycles. The van der Waals surface area contributed by atoms with Crippen molar-refractivity contribution in [2.45, 2.75) is 50.8 Å². The molecule has 140 valence electrons. The molecule has 0 amide bonds. The minimum absolute atomic E-state index is 0.285. The summed E-state index contributed by atoms with van der Waals surface area (Å²) < 4.78 is 30.2. The van der Waals surface area contributed by atoms with Gasteiger partial charge in [-0.1, -0.05) is 42.5 Å². The molecule has 3 rings (SSSR count). The summed E-state index contributed by atoms with van der Waals surface area (Å²) in [5.41, 5.74) is 3.53. The van der Waals surface area contributed by atoms with Crippen LogP contribution in [-0.2, 0) is 20.7 Å². The smallest absolute Gasteiger partial charge is 0.266 e. The predicted octanol–water partition coefficient (Wildman–Crippen LogP) is 5.06. The highest BCUT2D eigenvalue weighted by Crippen LogP contribution is 2.32. The summed E-state index contributed by atoms with van der Waals surface area (Å²) in [5.74, 6) is 1.03. The quantitative estimate of drug-likeness (QED) is 0.666. The first-order valence-electron chi connectivity index (χ1n) is 9.45. The summed E-state index contributed by atoms with van der Waals surface area (Å²) in [6.07, 6.45) is 5.50. The first kappa shape index (κ1) is 19.1. The van der Waals surface area contributed by atoms with Crippen molar-refractivity contribution in [3.05, 3.63) is 65.2 Å². The van der Waals surface area contributed by atoms with Crippen molar-refractivity contribution < 1.29 is 12.6 Å². The van der Waals surface area contributed by atoms with Gasteiger partial charge in [0.2, 0.25) is 0 Å². The SMILES string of the molecule is Cc1ccccc1CC1CCC(COS(=O)(=O)c2ccccc2C)CC1. The summed E-state index contributed by atoms with van der Waals surface area (Å²) in [6.45, 7) is 4.27. The summed E-state index contributed by atoms with van der Waals surface area (Å²) in [5, 5.41) is 0. The van der Waals surface area contributed by atoms with Crippen molar-refractivity contribution in [1.82, 2.24) is 0 Å². The van der Waals surface area contributed by atoms with Gasteiger partial charge in [0.1, 0.15) is 0 Å². The molecule has 0 atom stereocenters. The van der Waals surface area contributed by atoms with Crippen molar-refractivity contribution in [3.63, 3.8) is 0 Å². The molecule has 0 saturated heterocycles. The van der Waals surface area contributed by atoms with Gasteiger partial charge in [-0.25, -0.2) is 0 Å². The van der Waals surface area contributed by atoms with Crippen LogP contribution in [0.3, 0.4) is 0 Å². The minimum Gasteiger partial charge on any atom is -0.266 e. The summed E-state index contributed by atoms with van der Waals surface area (Å²) in [6, 6.07) is 15.6. The lowest BCUT2D eigenvalue weighted by atomic mass is 9.79. The Labute approximate surface area is 157 Å². The normalized spacial score (nSPS) is 20.8. The van der Waals surface area contributed by atoms with Gasteiger partial charge in [0.25, 0.3) is 10.1 Å². The van der Waals surface area contributed by atoms with E-state index in [2.05, 4.69) is 31.2 Å². The Morgan fingerprint density at radius 1 is 0.846 bits per heavy atom. The molecular weight excluding hydrogens is 344 g/mol. The number of hydrogen-bond donors (Lipinski definition) is 0. The van der Waals surface area contributed by atoms with E-state index in [-0.39, 0.29) is 4.90 Å². The first-order chi connectivity index (χ1) is 12.5. The van der Waals surface area contributed by atoms with E-state index in [1.165, 1.54) is 11.1 Å². The molecule has 1 fully saturated rings. The van der Waals surface area contributed by atoms with Crippen LogP contribution in [-0.4, -0.2) is 15.0 Å². The van der Waals surface area contributed by atoms with Gasteiger partial charge in [0.15, 0.2) is 0 Å². The van der Waals surface area contributed by atoms with Gasteiger partial charge < -0.3 is 0 Å². The van der Waals surface area contributed by atoms with E-state index in [1.807, 2.05) is 6.07 Å². The molecule has 2 aromatic rings. The van der Waals surface area contributed by atoms with Crippen molar-refractivity contribution in [2.24, 2.45) is 11.8 Å². The number of benzene rings is 2. The van der Waals surface area contributed by atoms with Crippen LogP contribution in [0.5, 0.6) is 0 Å². The van der Waals surface area contributed by atoms with E-state index in [1.54, 1.807) is 25.1 Å². The molecule has 0 aromatic heterocycles. The number of hydrogen-bond acceptors (Lipinski definition) is 3. The average molecular weight is 373 g/mol. The van der Waals surface area contributed by atoms with Crippen LogP contribution >= 0.6 is 0 Å². The molecule has 0 aliphatic heterocycles. The zero-order valence-electron chi connectivity index (χ0n) is 15.6. The Hall–Kier alpha value is -1.65. The van der Waals surface area contributed by atoms with Crippen LogP contribution < -0.4 is 0 Å². The Bertz CT molecular complexity index is 834. The lowest BCUT2D eigenvalue weighted by Crippen LogP contribution is -2.22. The van der Waals surface area contributed by atoms with Crippen molar-refractivity contribution in [1.29, 1.82) is 0 Å². The van der Waals surface area contributed by atoms with Gasteiger partial charge in [0, 0.05) is 0 Å². The molecule has 0 radical (unpaired) electrons. The maximum absolute atomic E-state index is 12.4. The standard InChI is InChI=1S/C22H28O3S/c1-17-7-3-5-9-21(17)15-19-11-13-20(14-12-19)16-25-26(23,24)22-10-6-4-8-18(22)2/h3-10,19-20H,11-16H2,1-2H3. The maximum atomic E-state index is 12.4. The summed E-state index contributed by atoms with van der Waals surface area (Å²) >= 11 is 0. The third kappa shape index (κ3) is 4.74. The predicted molar refractivity (Wildman–Crippen MR) is 105 cm³/mol. The number of aryl methyl sites for hydroxylation is 2. The van der Waals surface area contributed by atoms with Gasteiger partial charge in [-0.05, 0) is 80.5 Å². The Morgan fingerprint density at radius 2 is 1.42 bits per heavy atom. The fourth-order valence-corrected chi connectivity index (χ4v) is 5.04. The van der Waals surface area contributed by atoms with Gasteiger partial charge in [-0.2, -0.15) is 8.42 Å². The Balaban J connectivity index is 1.50. The van der Waals surface area contributed by atoms with Crippen LogP contribution in [0.25, 0.3) is 0 Å². The van der Waals surface area contributed by atoms with Crippen LogP contribution in [0, 0.1) is 25.7 Å². The van der Waals surface area contributed by atoms with E-state index in [0.717, 1.165) is 37.7 Å². The van der Waals surface area contributed by atoms with Crippen molar-refractivity contribution >= 4 is 10.1 Å². The van der Waals surface area contributed by atoms with Gasteiger partial charge in [0.05, 0.1) is 11.5 Å². The highest BCUT2D eigenvalue weighted by molar-refractivity contribution is 7.86. The maximum Gasteiger partial charge on any atom is 0.297 e. The van der Waals surface area contributed by atoms with Crippen LogP contribution in [0.1, 0.15) is 42.4 Å². The molecule has 1 aliphatic rings. The Kier molecular flexibility index (Phi) is 6.15. The fourth-order valence-electron chi connectivity index (χ4n) is 3.84. The van der Waals surface area contributed by atoms with Gasteiger partial charge in [-0.3, -0.25) is 4.18 Å². The van der Waals surface area contributed by atoms with Gasteiger partial charge >= 0.3 is 0 Å².